The van der Waals surface area contributed by atoms with Gasteiger partial charge in [0.25, 0.3) is 0 Å². The van der Waals surface area contributed by atoms with E-state index in [-0.39, 0.29) is 33.3 Å². The monoisotopic (exact) mass is 419 g/mol. The van der Waals surface area contributed by atoms with Gasteiger partial charge in [-0.25, -0.2) is 9.18 Å². The van der Waals surface area contributed by atoms with Crippen LogP contribution in [0.5, 0.6) is 5.88 Å². The van der Waals surface area contributed by atoms with Gasteiger partial charge in [0.1, 0.15) is 23.5 Å². The number of aromatic nitrogens is 1. The van der Waals surface area contributed by atoms with Crippen LogP contribution in [0.2, 0.25) is 15.2 Å². The molecule has 0 unspecified atom stereocenters. The second-order valence-electron chi connectivity index (χ2n) is 4.79. The standard InChI is InChI=1S/C17H13Cl3FNO4/c1-24-17(23)12(8-25-9-21)11-5-3-2-4-10(11)7-26-16-14(19)6-13(18)15(20)22-16/h2-6,8H,7,9H2,1H3. The van der Waals surface area contributed by atoms with Crippen LogP contribution in [0.15, 0.2) is 36.6 Å². The van der Waals surface area contributed by atoms with Gasteiger partial charge < -0.3 is 14.2 Å². The smallest absolute Gasteiger partial charge is 0.341 e. The Balaban J connectivity index is 2.31. The highest BCUT2D eigenvalue weighted by Gasteiger charge is 2.18. The van der Waals surface area contributed by atoms with E-state index in [0.717, 1.165) is 6.26 Å². The molecule has 5 nitrogen and oxygen atoms in total. The largest absolute Gasteiger partial charge is 0.472 e. The predicted molar refractivity (Wildman–Crippen MR) is 97.1 cm³/mol. The van der Waals surface area contributed by atoms with Crippen LogP contribution in [-0.4, -0.2) is 24.9 Å². The molecular weight excluding hydrogens is 408 g/mol. The van der Waals surface area contributed by atoms with Crippen molar-refractivity contribution in [1.82, 2.24) is 4.98 Å². The summed E-state index contributed by atoms with van der Waals surface area (Å²) < 4.78 is 27.2. The number of methoxy groups -OCH3 is 1. The van der Waals surface area contributed by atoms with Gasteiger partial charge >= 0.3 is 5.97 Å². The van der Waals surface area contributed by atoms with Crippen LogP contribution in [0.4, 0.5) is 4.39 Å². The summed E-state index contributed by atoms with van der Waals surface area (Å²) >= 11 is 17.7. The molecule has 1 aromatic heterocycles. The van der Waals surface area contributed by atoms with Crippen molar-refractivity contribution in [3.05, 3.63) is 62.9 Å². The summed E-state index contributed by atoms with van der Waals surface area (Å²) in [5, 5.41) is 0.427. The van der Waals surface area contributed by atoms with Crippen LogP contribution in [0.3, 0.4) is 0 Å². The number of nitrogens with zero attached hydrogens (tertiary/aromatic N) is 1. The van der Waals surface area contributed by atoms with Gasteiger partial charge in [-0.05, 0) is 17.2 Å². The molecule has 0 amide bonds. The number of carbonyl (C=O) groups excluding carboxylic acids is 1. The highest BCUT2D eigenvalue weighted by Crippen LogP contribution is 2.31. The fourth-order valence-corrected chi connectivity index (χ4v) is 2.58. The van der Waals surface area contributed by atoms with Crippen molar-refractivity contribution in [2.45, 2.75) is 6.61 Å². The minimum atomic E-state index is -1.08. The first-order valence-corrected chi connectivity index (χ1v) is 8.30. The van der Waals surface area contributed by atoms with Crippen molar-refractivity contribution in [1.29, 1.82) is 0 Å². The summed E-state index contributed by atoms with van der Waals surface area (Å²) in [6, 6.07) is 8.22. The van der Waals surface area contributed by atoms with Gasteiger partial charge in [0.2, 0.25) is 12.7 Å². The third kappa shape index (κ3) is 5.00. The maximum atomic E-state index is 12.3. The molecule has 0 aliphatic carbocycles. The quantitative estimate of drug-likeness (QED) is 0.271. The van der Waals surface area contributed by atoms with E-state index < -0.39 is 12.8 Å². The number of benzene rings is 1. The number of alkyl halides is 1. The summed E-state index contributed by atoms with van der Waals surface area (Å²) in [5.74, 6) is -0.601. The zero-order chi connectivity index (χ0) is 19.1. The Morgan fingerprint density at radius 2 is 1.96 bits per heavy atom. The van der Waals surface area contributed by atoms with Gasteiger partial charge in [-0.15, -0.1) is 0 Å². The van der Waals surface area contributed by atoms with Crippen LogP contribution in [0, 0.1) is 0 Å². The Hall–Kier alpha value is -2.02. The van der Waals surface area contributed by atoms with Crippen molar-refractivity contribution < 1.29 is 23.4 Å². The number of rotatable bonds is 7. The van der Waals surface area contributed by atoms with Crippen LogP contribution in [0.1, 0.15) is 11.1 Å². The molecule has 9 heteroatoms. The number of halogens is 4. The van der Waals surface area contributed by atoms with Gasteiger partial charge in [0.05, 0.1) is 12.1 Å². The van der Waals surface area contributed by atoms with E-state index >= 15 is 0 Å². The van der Waals surface area contributed by atoms with E-state index in [2.05, 4.69) is 9.72 Å². The lowest BCUT2D eigenvalue weighted by Gasteiger charge is -2.13. The maximum Gasteiger partial charge on any atom is 0.341 e. The van der Waals surface area contributed by atoms with Gasteiger partial charge in [-0.3, -0.25) is 0 Å². The topological polar surface area (TPSA) is 57.7 Å². The number of carbonyl (C=O) groups is 1. The fourth-order valence-electron chi connectivity index (χ4n) is 2.03. The van der Waals surface area contributed by atoms with Crippen molar-refractivity contribution in [3.8, 4) is 5.88 Å². The maximum absolute atomic E-state index is 12.3. The first-order chi connectivity index (χ1) is 12.5. The normalized spacial score (nSPS) is 11.2. The average Bonchev–Trinajstić information content (AvgIpc) is 2.64. The summed E-state index contributed by atoms with van der Waals surface area (Å²) in [4.78, 5) is 15.9. The minimum Gasteiger partial charge on any atom is -0.472 e. The molecular formula is C17H13Cl3FNO4. The third-order valence-corrected chi connectivity index (χ3v) is 4.14. The second kappa shape index (κ2) is 9.62. The van der Waals surface area contributed by atoms with Gasteiger partial charge in [-0.2, -0.15) is 4.98 Å². The van der Waals surface area contributed by atoms with Crippen LogP contribution in [-0.2, 0) is 20.9 Å². The molecule has 0 fully saturated rings. The molecule has 0 bridgehead atoms. The molecule has 0 radical (unpaired) electrons. The van der Waals surface area contributed by atoms with Crippen molar-refractivity contribution in [3.63, 3.8) is 0 Å². The molecule has 0 N–H and O–H groups in total. The van der Waals surface area contributed by atoms with E-state index in [0.29, 0.717) is 11.1 Å². The van der Waals surface area contributed by atoms with E-state index in [1.165, 1.54) is 13.2 Å². The Morgan fingerprint density at radius 1 is 1.23 bits per heavy atom. The molecule has 0 aliphatic heterocycles. The molecule has 2 rings (SSSR count). The SMILES string of the molecule is COC(=O)C(=COCF)c1ccccc1COc1nc(Cl)c(Cl)cc1Cl. The lowest BCUT2D eigenvalue weighted by molar-refractivity contribution is -0.133. The van der Waals surface area contributed by atoms with E-state index in [1.807, 2.05) is 0 Å². The number of ether oxygens (including phenoxy) is 3. The molecule has 0 saturated heterocycles. The zero-order valence-corrected chi connectivity index (χ0v) is 15.7. The van der Waals surface area contributed by atoms with E-state index in [1.54, 1.807) is 24.3 Å². The first kappa shape index (κ1) is 20.3. The summed E-state index contributed by atoms with van der Waals surface area (Å²) in [5.41, 5.74) is 1.08. The lowest BCUT2D eigenvalue weighted by atomic mass is 10.0. The van der Waals surface area contributed by atoms with Crippen molar-refractivity contribution >= 4 is 46.3 Å². The number of hydrogen-bond donors (Lipinski definition) is 0. The zero-order valence-electron chi connectivity index (χ0n) is 13.5. The number of hydrogen-bond acceptors (Lipinski definition) is 5. The Morgan fingerprint density at radius 3 is 2.65 bits per heavy atom. The third-order valence-electron chi connectivity index (χ3n) is 3.20. The molecule has 138 valence electrons. The summed E-state index contributed by atoms with van der Waals surface area (Å²) in [6.07, 6.45) is 0.995. The Kier molecular flexibility index (Phi) is 7.50. The van der Waals surface area contributed by atoms with Crippen molar-refractivity contribution in [2.75, 3.05) is 14.0 Å². The first-order valence-electron chi connectivity index (χ1n) is 7.16. The molecule has 1 heterocycles. The summed E-state index contributed by atoms with van der Waals surface area (Å²) in [6.45, 7) is -1.08. The fraction of sp³-hybridized carbons (Fsp3) is 0.176. The molecule has 2 aromatic rings. The van der Waals surface area contributed by atoms with Gasteiger partial charge in [0.15, 0.2) is 5.15 Å². The van der Waals surface area contributed by atoms with Crippen LogP contribution >= 0.6 is 34.8 Å². The molecule has 0 spiro atoms. The Bertz CT molecular complexity index is 830. The molecule has 0 atom stereocenters. The predicted octanol–water partition coefficient (Wildman–Crippen LogP) is 5.08. The van der Waals surface area contributed by atoms with Crippen LogP contribution < -0.4 is 4.74 Å². The van der Waals surface area contributed by atoms with Crippen LogP contribution in [0.25, 0.3) is 5.57 Å². The molecule has 26 heavy (non-hydrogen) atoms. The number of pyridine rings is 1. The van der Waals surface area contributed by atoms with E-state index in [4.69, 9.17) is 44.3 Å². The molecule has 0 aliphatic rings. The van der Waals surface area contributed by atoms with Gasteiger partial charge in [0, 0.05) is 0 Å². The lowest BCUT2D eigenvalue weighted by Crippen LogP contribution is -2.09. The van der Waals surface area contributed by atoms with E-state index in [9.17, 15) is 9.18 Å². The number of esters is 1. The Labute approximate surface area is 164 Å². The highest BCUT2D eigenvalue weighted by molar-refractivity contribution is 6.42. The highest BCUT2D eigenvalue weighted by atomic mass is 35.5. The molecule has 1 aromatic carbocycles. The van der Waals surface area contributed by atoms with Gasteiger partial charge in [-0.1, -0.05) is 59.1 Å². The minimum absolute atomic E-state index is 0.00478. The average molecular weight is 421 g/mol. The molecule has 0 saturated carbocycles. The second-order valence-corrected chi connectivity index (χ2v) is 5.97. The van der Waals surface area contributed by atoms with Crippen molar-refractivity contribution in [2.24, 2.45) is 0 Å². The summed E-state index contributed by atoms with van der Waals surface area (Å²) in [7, 11) is 1.21.